The van der Waals surface area contributed by atoms with Gasteiger partial charge < -0.3 is 4.90 Å². The Hall–Kier alpha value is -1.98. The van der Waals surface area contributed by atoms with E-state index in [-0.39, 0.29) is 23.8 Å². The number of rotatable bonds is 2. The number of likely N-dealkylation sites (tertiary alicyclic amines) is 1. The number of amides is 2. The molecule has 2 aliphatic heterocycles. The largest absolute Gasteiger partial charge is 0.332 e. The van der Waals surface area contributed by atoms with Gasteiger partial charge in [0.25, 0.3) is 0 Å². The maximum atomic E-state index is 12.4. The summed E-state index contributed by atoms with van der Waals surface area (Å²) in [5.41, 5.74) is 1.76. The van der Waals surface area contributed by atoms with Crippen molar-refractivity contribution in [3.8, 4) is 0 Å². The first-order valence-electron chi connectivity index (χ1n) is 7.84. The smallest absolute Gasteiger partial charge is 0.232 e. The molecule has 0 unspecified atom stereocenters. The molecule has 2 aliphatic rings. The van der Waals surface area contributed by atoms with Gasteiger partial charge in [-0.1, -0.05) is 13.8 Å². The van der Waals surface area contributed by atoms with Crippen LogP contribution in [0.5, 0.6) is 0 Å². The Morgan fingerprint density at radius 2 is 2.05 bits per heavy atom. The van der Waals surface area contributed by atoms with Crippen LogP contribution in [0.25, 0.3) is 0 Å². The fourth-order valence-electron chi connectivity index (χ4n) is 3.25. The number of carbonyl (C=O) groups excluding carboxylic acids is 2. The first kappa shape index (κ1) is 14.9. The van der Waals surface area contributed by atoms with Crippen molar-refractivity contribution in [2.75, 3.05) is 18.5 Å². The van der Waals surface area contributed by atoms with Crippen LogP contribution in [0, 0.1) is 12.8 Å². The van der Waals surface area contributed by atoms with Gasteiger partial charge in [0, 0.05) is 30.8 Å². The summed E-state index contributed by atoms with van der Waals surface area (Å²) < 4.78 is 0. The van der Waals surface area contributed by atoms with E-state index in [1.54, 1.807) is 11.9 Å². The Morgan fingerprint density at radius 1 is 1.32 bits per heavy atom. The maximum Gasteiger partial charge on any atom is 0.232 e. The van der Waals surface area contributed by atoms with E-state index < -0.39 is 0 Å². The quantitative estimate of drug-likeness (QED) is 0.832. The lowest BCUT2D eigenvalue weighted by molar-refractivity contribution is -0.135. The average molecular weight is 302 g/mol. The minimum Gasteiger partial charge on any atom is -0.332 e. The normalized spacial score (nSPS) is 21.0. The third-order valence-electron chi connectivity index (χ3n) is 4.56. The molecule has 1 aromatic heterocycles. The van der Waals surface area contributed by atoms with Crippen LogP contribution in [-0.2, 0) is 16.0 Å². The molecule has 1 aromatic rings. The molecule has 2 amide bonds. The molecule has 0 saturated carbocycles. The lowest BCUT2D eigenvalue weighted by atomic mass is 10.1. The van der Waals surface area contributed by atoms with Gasteiger partial charge in [-0.25, -0.2) is 9.97 Å². The Labute approximate surface area is 130 Å². The van der Waals surface area contributed by atoms with Crippen molar-refractivity contribution in [1.82, 2.24) is 14.9 Å². The molecule has 22 heavy (non-hydrogen) atoms. The van der Waals surface area contributed by atoms with E-state index in [1.165, 1.54) is 0 Å². The van der Waals surface area contributed by atoms with Crippen molar-refractivity contribution >= 4 is 17.6 Å². The minimum absolute atomic E-state index is 0.0274. The number of fused-ring (bicyclic) bond motifs is 1. The highest BCUT2D eigenvalue weighted by atomic mass is 16.2. The molecule has 0 radical (unpaired) electrons. The zero-order chi connectivity index (χ0) is 16.0. The standard InChI is InChI=1S/C16H22N4O2/c1-9(2)16(22)20-7-5-6-12(20)14-17-10(3)11-8-13(21)19(4)15(11)18-14/h9,12H,5-8H2,1-4H3/t12-/m0/s1. The molecule has 3 heterocycles. The number of anilines is 1. The van der Waals surface area contributed by atoms with Crippen molar-refractivity contribution in [2.45, 2.75) is 46.1 Å². The lowest BCUT2D eigenvalue weighted by Crippen LogP contribution is -2.34. The van der Waals surface area contributed by atoms with Crippen molar-refractivity contribution in [3.05, 3.63) is 17.1 Å². The Bertz CT molecular complexity index is 641. The second kappa shape index (κ2) is 5.34. The highest BCUT2D eigenvalue weighted by Gasteiger charge is 2.35. The summed E-state index contributed by atoms with van der Waals surface area (Å²) >= 11 is 0. The zero-order valence-corrected chi connectivity index (χ0v) is 13.6. The Kier molecular flexibility index (Phi) is 3.62. The summed E-state index contributed by atoms with van der Waals surface area (Å²) in [5.74, 6) is 1.54. The first-order valence-corrected chi connectivity index (χ1v) is 7.84. The molecule has 1 atom stereocenters. The highest BCUT2D eigenvalue weighted by molar-refractivity contribution is 6.00. The number of aromatic nitrogens is 2. The zero-order valence-electron chi connectivity index (χ0n) is 13.6. The van der Waals surface area contributed by atoms with Crippen LogP contribution in [-0.4, -0.2) is 40.3 Å². The van der Waals surface area contributed by atoms with Crippen LogP contribution in [0.3, 0.4) is 0 Å². The van der Waals surface area contributed by atoms with E-state index in [4.69, 9.17) is 0 Å². The van der Waals surface area contributed by atoms with Gasteiger partial charge in [0.05, 0.1) is 12.5 Å². The van der Waals surface area contributed by atoms with Gasteiger partial charge in [0.1, 0.15) is 5.82 Å². The molecular weight excluding hydrogens is 280 g/mol. The number of likely N-dealkylation sites (N-methyl/N-ethyl adjacent to an activating group) is 1. The summed E-state index contributed by atoms with van der Waals surface area (Å²) in [7, 11) is 1.75. The van der Waals surface area contributed by atoms with Crippen molar-refractivity contribution in [3.63, 3.8) is 0 Å². The van der Waals surface area contributed by atoms with Crippen LogP contribution in [0.1, 0.15) is 49.8 Å². The average Bonchev–Trinajstić information content (AvgIpc) is 3.05. The molecule has 0 spiro atoms. The van der Waals surface area contributed by atoms with Gasteiger partial charge in [-0.05, 0) is 19.8 Å². The monoisotopic (exact) mass is 302 g/mol. The lowest BCUT2D eigenvalue weighted by Gasteiger charge is -2.26. The summed E-state index contributed by atoms with van der Waals surface area (Å²) in [5, 5.41) is 0. The van der Waals surface area contributed by atoms with Crippen molar-refractivity contribution in [2.24, 2.45) is 5.92 Å². The minimum atomic E-state index is -0.0667. The Balaban J connectivity index is 1.98. The van der Waals surface area contributed by atoms with Gasteiger partial charge in [-0.3, -0.25) is 14.5 Å². The van der Waals surface area contributed by atoms with Crippen LogP contribution in [0.15, 0.2) is 0 Å². The molecule has 0 aliphatic carbocycles. The van der Waals surface area contributed by atoms with Crippen LogP contribution in [0.2, 0.25) is 0 Å². The SMILES string of the molecule is Cc1nc([C@@H]2CCCN2C(=O)C(C)C)nc2c1CC(=O)N2C. The van der Waals surface area contributed by atoms with Gasteiger partial charge in [-0.2, -0.15) is 0 Å². The van der Waals surface area contributed by atoms with Crippen LogP contribution >= 0.6 is 0 Å². The van der Waals surface area contributed by atoms with E-state index in [9.17, 15) is 9.59 Å². The van der Waals surface area contributed by atoms with Gasteiger partial charge in [0.2, 0.25) is 11.8 Å². The summed E-state index contributed by atoms with van der Waals surface area (Å²) in [6.45, 7) is 6.51. The molecule has 0 aromatic carbocycles. The topological polar surface area (TPSA) is 66.4 Å². The van der Waals surface area contributed by atoms with E-state index in [1.807, 2.05) is 25.7 Å². The molecule has 0 bridgehead atoms. The van der Waals surface area contributed by atoms with Crippen LogP contribution in [0.4, 0.5) is 5.82 Å². The molecule has 3 rings (SSSR count). The predicted octanol–water partition coefficient (Wildman–Crippen LogP) is 1.62. The first-order chi connectivity index (χ1) is 10.4. The molecule has 118 valence electrons. The van der Waals surface area contributed by atoms with E-state index in [0.29, 0.717) is 18.1 Å². The van der Waals surface area contributed by atoms with Crippen molar-refractivity contribution < 1.29 is 9.59 Å². The van der Waals surface area contributed by atoms with Crippen molar-refractivity contribution in [1.29, 1.82) is 0 Å². The van der Waals surface area contributed by atoms with E-state index in [2.05, 4.69) is 9.97 Å². The van der Waals surface area contributed by atoms with Crippen LogP contribution < -0.4 is 4.90 Å². The summed E-state index contributed by atoms with van der Waals surface area (Å²) in [4.78, 5) is 37.0. The summed E-state index contributed by atoms with van der Waals surface area (Å²) in [6.07, 6.45) is 2.23. The summed E-state index contributed by atoms with van der Waals surface area (Å²) in [6, 6.07) is -0.0667. The fraction of sp³-hybridized carbons (Fsp3) is 0.625. The molecule has 1 fully saturated rings. The Morgan fingerprint density at radius 3 is 2.73 bits per heavy atom. The third kappa shape index (κ3) is 2.26. The molecular formula is C16H22N4O2. The molecule has 6 nitrogen and oxygen atoms in total. The number of aryl methyl sites for hydroxylation is 1. The second-order valence-electron chi connectivity index (χ2n) is 6.44. The third-order valence-corrected chi connectivity index (χ3v) is 4.56. The number of hydrogen-bond donors (Lipinski definition) is 0. The van der Waals surface area contributed by atoms with Gasteiger partial charge >= 0.3 is 0 Å². The molecule has 1 saturated heterocycles. The molecule has 6 heteroatoms. The number of hydrogen-bond acceptors (Lipinski definition) is 4. The van der Waals surface area contributed by atoms with E-state index in [0.717, 1.165) is 30.6 Å². The predicted molar refractivity (Wildman–Crippen MR) is 82.4 cm³/mol. The van der Waals surface area contributed by atoms with Gasteiger partial charge in [0.15, 0.2) is 5.82 Å². The highest BCUT2D eigenvalue weighted by Crippen LogP contribution is 2.35. The second-order valence-corrected chi connectivity index (χ2v) is 6.44. The molecule has 0 N–H and O–H groups in total. The number of carbonyl (C=O) groups is 2. The maximum absolute atomic E-state index is 12.4. The van der Waals surface area contributed by atoms with Gasteiger partial charge in [-0.15, -0.1) is 0 Å². The fourth-order valence-corrected chi connectivity index (χ4v) is 3.25. The van der Waals surface area contributed by atoms with E-state index >= 15 is 0 Å². The number of nitrogens with zero attached hydrogens (tertiary/aromatic N) is 4.